The molecule has 156 valence electrons. The van der Waals surface area contributed by atoms with E-state index in [1.54, 1.807) is 0 Å². The van der Waals surface area contributed by atoms with Crippen molar-refractivity contribution in [3.63, 3.8) is 0 Å². The van der Waals surface area contributed by atoms with Crippen LogP contribution in [0.15, 0.2) is 12.3 Å². The molecule has 1 saturated heterocycles. The van der Waals surface area contributed by atoms with Crippen LogP contribution in [0, 0.1) is 11.3 Å². The highest BCUT2D eigenvalue weighted by Gasteiger charge is 2.38. The van der Waals surface area contributed by atoms with Crippen molar-refractivity contribution in [2.45, 2.75) is 58.5 Å². The minimum absolute atomic E-state index is 0.0747. The molecule has 0 spiro atoms. The summed E-state index contributed by atoms with van der Waals surface area (Å²) in [6, 6.07) is 2.32. The van der Waals surface area contributed by atoms with Crippen LogP contribution >= 0.6 is 0 Å². The van der Waals surface area contributed by atoms with Crippen molar-refractivity contribution in [3.8, 4) is 0 Å². The maximum Gasteiger partial charge on any atom is 0.226 e. The second kappa shape index (κ2) is 6.97. The quantitative estimate of drug-likeness (QED) is 0.862. The minimum atomic E-state index is 0.0747. The van der Waals surface area contributed by atoms with Gasteiger partial charge >= 0.3 is 0 Å². The van der Waals surface area contributed by atoms with Gasteiger partial charge in [-0.2, -0.15) is 9.61 Å². The molecule has 4 heterocycles. The number of nitrogens with one attached hydrogen (secondary N) is 1. The lowest BCUT2D eigenvalue weighted by Gasteiger charge is -2.43. The smallest absolute Gasteiger partial charge is 0.226 e. The molecule has 1 N–H and O–H groups in total. The number of aromatic nitrogens is 3. The van der Waals surface area contributed by atoms with Crippen molar-refractivity contribution in [2.24, 2.45) is 11.3 Å². The Labute approximate surface area is 172 Å². The summed E-state index contributed by atoms with van der Waals surface area (Å²) in [4.78, 5) is 22.3. The van der Waals surface area contributed by atoms with Gasteiger partial charge in [0.25, 0.3) is 0 Å². The number of nitrogens with zero attached hydrogens (tertiary/aromatic N) is 5. The maximum absolute atomic E-state index is 12.8. The van der Waals surface area contributed by atoms with E-state index in [2.05, 4.69) is 41.1 Å². The summed E-state index contributed by atoms with van der Waals surface area (Å²) in [5.41, 5.74) is 3.77. The average molecular weight is 397 g/mol. The van der Waals surface area contributed by atoms with E-state index in [1.807, 2.05) is 16.8 Å². The molecule has 1 aliphatic carbocycles. The van der Waals surface area contributed by atoms with Crippen LogP contribution in [0.3, 0.4) is 0 Å². The number of hydrogen-bond donors (Lipinski definition) is 1. The van der Waals surface area contributed by atoms with Crippen molar-refractivity contribution >= 4 is 17.4 Å². The number of likely N-dealkylation sites (N-methyl/N-ethyl adjacent to an activating group) is 1. The Hall–Kier alpha value is -2.15. The van der Waals surface area contributed by atoms with Gasteiger partial charge in [-0.25, -0.2) is 4.98 Å². The first-order valence-corrected chi connectivity index (χ1v) is 11.0. The first-order chi connectivity index (χ1) is 13.9. The summed E-state index contributed by atoms with van der Waals surface area (Å²) in [6.07, 6.45) is 7.40. The van der Waals surface area contributed by atoms with E-state index in [1.165, 1.54) is 18.4 Å². The second-order valence-corrected chi connectivity index (χ2v) is 10.00. The molecule has 1 amide bonds. The highest BCUT2D eigenvalue weighted by atomic mass is 16.2. The number of hydrogen-bond acceptors (Lipinski definition) is 5. The predicted molar refractivity (Wildman–Crippen MR) is 113 cm³/mol. The summed E-state index contributed by atoms with van der Waals surface area (Å²) in [6.45, 7) is 8.11. The van der Waals surface area contributed by atoms with E-state index in [4.69, 9.17) is 4.98 Å². The molecule has 2 aromatic rings. The van der Waals surface area contributed by atoms with Crippen LogP contribution < -0.4 is 10.2 Å². The Bertz CT molecular complexity index is 919. The van der Waals surface area contributed by atoms with Crippen LogP contribution in [0.1, 0.15) is 50.8 Å². The van der Waals surface area contributed by atoms with Gasteiger partial charge in [0.05, 0.1) is 17.8 Å². The zero-order chi connectivity index (χ0) is 20.2. The molecule has 0 atom stereocenters. The molecule has 7 nitrogen and oxygen atoms in total. The maximum atomic E-state index is 12.8. The fraction of sp³-hybridized carbons (Fsp3) is 0.682. The fourth-order valence-corrected chi connectivity index (χ4v) is 5.04. The van der Waals surface area contributed by atoms with Crippen LogP contribution in [-0.2, 0) is 17.8 Å². The van der Waals surface area contributed by atoms with Gasteiger partial charge < -0.3 is 15.1 Å². The molecule has 5 rings (SSSR count). The summed E-state index contributed by atoms with van der Waals surface area (Å²) in [5, 5.41) is 7.85. The molecule has 1 saturated carbocycles. The van der Waals surface area contributed by atoms with Gasteiger partial charge in [-0.1, -0.05) is 13.8 Å². The van der Waals surface area contributed by atoms with Crippen LogP contribution in [-0.4, -0.2) is 58.1 Å². The van der Waals surface area contributed by atoms with Crippen molar-refractivity contribution in [3.05, 3.63) is 23.5 Å². The Morgan fingerprint density at radius 3 is 2.76 bits per heavy atom. The average Bonchev–Trinajstić information content (AvgIpc) is 3.09. The Morgan fingerprint density at radius 2 is 2.00 bits per heavy atom. The van der Waals surface area contributed by atoms with Crippen molar-refractivity contribution in [1.29, 1.82) is 0 Å². The van der Waals surface area contributed by atoms with Crippen molar-refractivity contribution in [2.75, 3.05) is 31.6 Å². The van der Waals surface area contributed by atoms with Crippen molar-refractivity contribution < 1.29 is 4.79 Å². The number of rotatable bonds is 3. The molecular weight excluding hydrogens is 364 g/mol. The van der Waals surface area contributed by atoms with E-state index in [9.17, 15) is 4.79 Å². The topological polar surface area (TPSA) is 65.8 Å². The fourth-order valence-electron chi connectivity index (χ4n) is 5.04. The van der Waals surface area contributed by atoms with Gasteiger partial charge in [0.2, 0.25) is 5.91 Å². The Balaban J connectivity index is 1.28. The Kier molecular flexibility index (Phi) is 4.53. The van der Waals surface area contributed by atoms with E-state index in [-0.39, 0.29) is 11.8 Å². The largest absolute Gasteiger partial charge is 0.354 e. The van der Waals surface area contributed by atoms with Gasteiger partial charge in [0.1, 0.15) is 5.82 Å². The monoisotopic (exact) mass is 396 g/mol. The Morgan fingerprint density at radius 1 is 1.24 bits per heavy atom. The molecule has 29 heavy (non-hydrogen) atoms. The SMILES string of the molecule is CN1CCc2c(nc3ccnn3c2N2CC(C(=O)NC3CCC(C)(C)CC3)C2)C1. The third-order valence-electron chi connectivity index (χ3n) is 7.09. The summed E-state index contributed by atoms with van der Waals surface area (Å²) < 4.78 is 1.96. The molecule has 2 fully saturated rings. The second-order valence-electron chi connectivity index (χ2n) is 10.00. The number of amides is 1. The standard InChI is InChI=1S/C22H32N6O/c1-22(2)8-4-16(5-9-22)24-20(29)15-12-27(13-15)21-17-7-11-26(3)14-18(17)25-19-6-10-23-28(19)21/h6,10,15-16H,4-5,7-9,11-14H2,1-3H3,(H,24,29). The van der Waals surface area contributed by atoms with Crippen LogP contribution in [0.5, 0.6) is 0 Å². The molecule has 0 unspecified atom stereocenters. The predicted octanol–water partition coefficient (Wildman–Crippen LogP) is 2.24. The van der Waals surface area contributed by atoms with E-state index < -0.39 is 0 Å². The van der Waals surface area contributed by atoms with Crippen LogP contribution in [0.2, 0.25) is 0 Å². The van der Waals surface area contributed by atoms with E-state index >= 15 is 0 Å². The lowest BCUT2D eigenvalue weighted by atomic mass is 9.75. The van der Waals surface area contributed by atoms with E-state index in [0.717, 1.165) is 62.6 Å². The molecule has 2 aromatic heterocycles. The third-order valence-corrected chi connectivity index (χ3v) is 7.09. The van der Waals surface area contributed by atoms with Gasteiger partial charge in [-0.3, -0.25) is 4.79 Å². The van der Waals surface area contributed by atoms with E-state index in [0.29, 0.717) is 11.5 Å². The molecular formula is C22H32N6O. The van der Waals surface area contributed by atoms with Crippen LogP contribution in [0.4, 0.5) is 5.82 Å². The molecule has 0 bridgehead atoms. The normalized spacial score (nSPS) is 23.1. The summed E-state index contributed by atoms with van der Waals surface area (Å²) in [7, 11) is 2.14. The van der Waals surface area contributed by atoms with Gasteiger partial charge in [0.15, 0.2) is 5.65 Å². The lowest BCUT2D eigenvalue weighted by molar-refractivity contribution is -0.126. The number of carbonyl (C=O) groups is 1. The lowest BCUT2D eigenvalue weighted by Crippen LogP contribution is -2.56. The highest BCUT2D eigenvalue weighted by Crippen LogP contribution is 2.36. The third kappa shape index (κ3) is 3.50. The zero-order valence-electron chi connectivity index (χ0n) is 17.8. The molecule has 7 heteroatoms. The number of fused-ring (bicyclic) bond motifs is 2. The first-order valence-electron chi connectivity index (χ1n) is 11.0. The molecule has 0 radical (unpaired) electrons. The molecule has 3 aliphatic rings. The van der Waals surface area contributed by atoms with Crippen molar-refractivity contribution in [1.82, 2.24) is 24.8 Å². The summed E-state index contributed by atoms with van der Waals surface area (Å²) in [5.74, 6) is 1.45. The number of anilines is 1. The van der Waals surface area contributed by atoms with Crippen LogP contribution in [0.25, 0.3) is 5.65 Å². The number of carbonyl (C=O) groups excluding carboxylic acids is 1. The van der Waals surface area contributed by atoms with Gasteiger partial charge in [0, 0.05) is 43.9 Å². The van der Waals surface area contributed by atoms with Gasteiger partial charge in [-0.05, 0) is 44.6 Å². The first kappa shape index (κ1) is 18.9. The summed E-state index contributed by atoms with van der Waals surface area (Å²) >= 11 is 0. The molecule has 2 aliphatic heterocycles. The minimum Gasteiger partial charge on any atom is -0.354 e. The zero-order valence-corrected chi connectivity index (χ0v) is 17.8. The molecule has 0 aromatic carbocycles. The van der Waals surface area contributed by atoms with Gasteiger partial charge in [-0.15, -0.1) is 0 Å². The highest BCUT2D eigenvalue weighted by molar-refractivity contribution is 5.82.